The number of nitrogens with zero attached hydrogens (tertiary/aromatic N) is 1. The Balaban J connectivity index is 2.06. The molecule has 0 saturated heterocycles. The second-order valence-corrected chi connectivity index (χ2v) is 5.13. The van der Waals surface area contributed by atoms with Gasteiger partial charge in [-0.2, -0.15) is 0 Å². The highest BCUT2D eigenvalue weighted by molar-refractivity contribution is 6.07. The summed E-state index contributed by atoms with van der Waals surface area (Å²) >= 11 is 0. The van der Waals surface area contributed by atoms with Crippen molar-refractivity contribution in [2.45, 2.75) is 31.2 Å². The molecular formula is C14H18N2O2. The Morgan fingerprint density at radius 1 is 1.33 bits per heavy atom. The van der Waals surface area contributed by atoms with E-state index in [9.17, 15) is 4.79 Å². The predicted octanol–water partition coefficient (Wildman–Crippen LogP) is 2.40. The molecule has 0 bridgehead atoms. The summed E-state index contributed by atoms with van der Waals surface area (Å²) in [6.45, 7) is 0. The molecule has 1 amide bonds. The van der Waals surface area contributed by atoms with Crippen molar-refractivity contribution in [1.29, 1.82) is 0 Å². The van der Waals surface area contributed by atoms with Crippen LogP contribution in [0, 0.1) is 0 Å². The number of amides is 1. The van der Waals surface area contributed by atoms with Crippen molar-refractivity contribution in [2.75, 3.05) is 24.4 Å². The SMILES string of the molecule is COc1ccc2c(c1)NC(=O)C1(CCCC1)N2C. The van der Waals surface area contributed by atoms with Gasteiger partial charge in [-0.1, -0.05) is 12.8 Å². The molecule has 3 rings (SSSR count). The molecule has 1 spiro atoms. The van der Waals surface area contributed by atoms with E-state index in [1.807, 2.05) is 25.2 Å². The first-order valence-corrected chi connectivity index (χ1v) is 6.41. The molecule has 1 aromatic carbocycles. The molecule has 1 aliphatic carbocycles. The van der Waals surface area contributed by atoms with Crippen molar-refractivity contribution in [3.8, 4) is 5.75 Å². The van der Waals surface area contributed by atoms with E-state index in [1.165, 1.54) is 0 Å². The lowest BCUT2D eigenvalue weighted by molar-refractivity contribution is -0.121. The van der Waals surface area contributed by atoms with Gasteiger partial charge in [0.25, 0.3) is 0 Å². The summed E-state index contributed by atoms with van der Waals surface area (Å²) < 4.78 is 5.20. The lowest BCUT2D eigenvalue weighted by Crippen LogP contribution is -2.56. The Kier molecular flexibility index (Phi) is 2.47. The Morgan fingerprint density at radius 2 is 2.06 bits per heavy atom. The van der Waals surface area contributed by atoms with Crippen molar-refractivity contribution in [3.63, 3.8) is 0 Å². The molecule has 1 saturated carbocycles. The summed E-state index contributed by atoms with van der Waals surface area (Å²) in [5.41, 5.74) is 1.60. The number of fused-ring (bicyclic) bond motifs is 1. The van der Waals surface area contributed by atoms with Crippen molar-refractivity contribution >= 4 is 17.3 Å². The molecule has 0 atom stereocenters. The number of nitrogens with one attached hydrogen (secondary N) is 1. The monoisotopic (exact) mass is 246 g/mol. The molecule has 0 aromatic heterocycles. The summed E-state index contributed by atoms with van der Waals surface area (Å²) in [6, 6.07) is 5.84. The number of rotatable bonds is 1. The summed E-state index contributed by atoms with van der Waals surface area (Å²) in [4.78, 5) is 14.5. The molecule has 0 unspecified atom stereocenters. The van der Waals surface area contributed by atoms with Crippen molar-refractivity contribution < 1.29 is 9.53 Å². The molecule has 1 aliphatic heterocycles. The highest BCUT2D eigenvalue weighted by Gasteiger charge is 2.48. The van der Waals surface area contributed by atoms with E-state index < -0.39 is 0 Å². The number of likely N-dealkylation sites (N-methyl/N-ethyl adjacent to an activating group) is 1. The molecule has 1 heterocycles. The van der Waals surface area contributed by atoms with Crippen LogP contribution in [0.2, 0.25) is 0 Å². The molecule has 1 N–H and O–H groups in total. The van der Waals surface area contributed by atoms with Crippen LogP contribution in [0.15, 0.2) is 18.2 Å². The predicted molar refractivity (Wildman–Crippen MR) is 71.2 cm³/mol. The minimum Gasteiger partial charge on any atom is -0.497 e. The van der Waals surface area contributed by atoms with E-state index in [2.05, 4.69) is 10.2 Å². The van der Waals surface area contributed by atoms with Crippen molar-refractivity contribution in [2.24, 2.45) is 0 Å². The van der Waals surface area contributed by atoms with Gasteiger partial charge in [0.05, 0.1) is 18.5 Å². The second-order valence-electron chi connectivity index (χ2n) is 5.13. The zero-order chi connectivity index (χ0) is 12.8. The van der Waals surface area contributed by atoms with Crippen LogP contribution >= 0.6 is 0 Å². The first-order valence-electron chi connectivity index (χ1n) is 6.41. The first-order chi connectivity index (χ1) is 8.67. The van der Waals surface area contributed by atoms with Crippen LogP contribution in [0.4, 0.5) is 11.4 Å². The maximum Gasteiger partial charge on any atom is 0.250 e. The van der Waals surface area contributed by atoms with Gasteiger partial charge in [-0.3, -0.25) is 4.79 Å². The molecule has 1 fully saturated rings. The number of ether oxygens (including phenoxy) is 1. The average Bonchev–Trinajstić information content (AvgIpc) is 2.87. The Morgan fingerprint density at radius 3 is 2.72 bits per heavy atom. The summed E-state index contributed by atoms with van der Waals surface area (Å²) in [6.07, 6.45) is 4.15. The number of methoxy groups -OCH3 is 1. The molecule has 1 aromatic rings. The number of carbonyl (C=O) groups excluding carboxylic acids is 1. The van der Waals surface area contributed by atoms with E-state index >= 15 is 0 Å². The van der Waals surface area contributed by atoms with Gasteiger partial charge in [-0.25, -0.2) is 0 Å². The number of benzene rings is 1. The minimum absolute atomic E-state index is 0.128. The van der Waals surface area contributed by atoms with Gasteiger partial charge in [0.1, 0.15) is 11.3 Å². The first kappa shape index (κ1) is 11.4. The number of anilines is 2. The van der Waals surface area contributed by atoms with Gasteiger partial charge in [0, 0.05) is 13.1 Å². The fourth-order valence-electron chi connectivity index (χ4n) is 3.18. The molecule has 96 valence electrons. The summed E-state index contributed by atoms with van der Waals surface area (Å²) in [5.74, 6) is 0.896. The molecule has 0 radical (unpaired) electrons. The highest BCUT2D eigenvalue weighted by atomic mass is 16.5. The third-order valence-electron chi connectivity index (χ3n) is 4.31. The summed E-state index contributed by atoms with van der Waals surface area (Å²) in [7, 11) is 3.66. The normalized spacial score (nSPS) is 20.8. The van der Waals surface area contributed by atoms with E-state index in [-0.39, 0.29) is 11.4 Å². The van der Waals surface area contributed by atoms with Gasteiger partial charge < -0.3 is 15.0 Å². The van der Waals surface area contributed by atoms with E-state index in [1.54, 1.807) is 7.11 Å². The van der Waals surface area contributed by atoms with Gasteiger partial charge >= 0.3 is 0 Å². The minimum atomic E-state index is -0.332. The topological polar surface area (TPSA) is 41.6 Å². The van der Waals surface area contributed by atoms with Crippen LogP contribution in [0.25, 0.3) is 0 Å². The van der Waals surface area contributed by atoms with Gasteiger partial charge in [0.2, 0.25) is 5.91 Å². The van der Waals surface area contributed by atoms with Crippen molar-refractivity contribution in [1.82, 2.24) is 0 Å². The lowest BCUT2D eigenvalue weighted by Gasteiger charge is -2.43. The number of hydrogen-bond donors (Lipinski definition) is 1. The van der Waals surface area contributed by atoms with Crippen LogP contribution in [-0.4, -0.2) is 25.6 Å². The zero-order valence-corrected chi connectivity index (χ0v) is 10.8. The molecule has 4 nitrogen and oxygen atoms in total. The van der Waals surface area contributed by atoms with Crippen molar-refractivity contribution in [3.05, 3.63) is 18.2 Å². The van der Waals surface area contributed by atoms with Crippen LogP contribution in [0.1, 0.15) is 25.7 Å². The second kappa shape index (κ2) is 3.90. The van der Waals surface area contributed by atoms with Crippen LogP contribution in [-0.2, 0) is 4.79 Å². The van der Waals surface area contributed by atoms with Gasteiger partial charge in [0.15, 0.2) is 0 Å². The lowest BCUT2D eigenvalue weighted by atomic mass is 9.91. The van der Waals surface area contributed by atoms with E-state index in [0.29, 0.717) is 0 Å². The van der Waals surface area contributed by atoms with Crippen LogP contribution < -0.4 is 15.0 Å². The number of carbonyl (C=O) groups is 1. The molecule has 18 heavy (non-hydrogen) atoms. The third kappa shape index (κ3) is 1.41. The van der Waals surface area contributed by atoms with Gasteiger partial charge in [-0.05, 0) is 25.0 Å². The van der Waals surface area contributed by atoms with Gasteiger partial charge in [-0.15, -0.1) is 0 Å². The Hall–Kier alpha value is -1.71. The zero-order valence-electron chi connectivity index (χ0n) is 10.8. The summed E-state index contributed by atoms with van der Waals surface area (Å²) in [5, 5.41) is 3.04. The maximum absolute atomic E-state index is 12.4. The Labute approximate surface area is 107 Å². The maximum atomic E-state index is 12.4. The van der Waals surface area contributed by atoms with Crippen LogP contribution in [0.5, 0.6) is 5.75 Å². The van der Waals surface area contributed by atoms with E-state index in [4.69, 9.17) is 4.74 Å². The highest BCUT2D eigenvalue weighted by Crippen LogP contribution is 2.44. The average molecular weight is 246 g/mol. The Bertz CT molecular complexity index is 493. The molecule has 2 aliphatic rings. The standard InChI is InChI=1S/C14H18N2O2/c1-16-12-6-5-10(18-2)9-11(12)15-13(17)14(16)7-3-4-8-14/h5-6,9H,3-4,7-8H2,1-2H3,(H,15,17). The van der Waals surface area contributed by atoms with Crippen LogP contribution in [0.3, 0.4) is 0 Å². The van der Waals surface area contributed by atoms with E-state index in [0.717, 1.165) is 42.8 Å². The fourth-order valence-corrected chi connectivity index (χ4v) is 3.18. The fraction of sp³-hybridized carbons (Fsp3) is 0.500. The molecule has 4 heteroatoms. The smallest absolute Gasteiger partial charge is 0.250 e. The largest absolute Gasteiger partial charge is 0.497 e. The number of hydrogen-bond acceptors (Lipinski definition) is 3. The third-order valence-corrected chi connectivity index (χ3v) is 4.31. The quantitative estimate of drug-likeness (QED) is 0.827. The molecular weight excluding hydrogens is 228 g/mol.